The van der Waals surface area contributed by atoms with Crippen molar-refractivity contribution in [1.29, 1.82) is 0 Å². The third kappa shape index (κ3) is 6.10. The first-order chi connectivity index (χ1) is 11.5. The van der Waals surface area contributed by atoms with Gasteiger partial charge in [0, 0.05) is 13.1 Å². The van der Waals surface area contributed by atoms with Crippen LogP contribution in [0.1, 0.15) is 33.3 Å². The highest BCUT2D eigenvalue weighted by molar-refractivity contribution is 5.77. The molecule has 0 heterocycles. The number of hydrogen-bond acceptors (Lipinski definition) is 5. The van der Waals surface area contributed by atoms with Crippen molar-refractivity contribution in [2.75, 3.05) is 32.9 Å². The van der Waals surface area contributed by atoms with Gasteiger partial charge in [-0.05, 0) is 45.4 Å². The van der Waals surface area contributed by atoms with Gasteiger partial charge in [-0.25, -0.2) is 0 Å². The highest BCUT2D eigenvalue weighted by Crippen LogP contribution is 2.29. The van der Waals surface area contributed by atoms with Crippen LogP contribution in [0.15, 0.2) is 18.2 Å². The lowest BCUT2D eigenvalue weighted by atomic mass is 10.1. The van der Waals surface area contributed by atoms with E-state index in [0.717, 1.165) is 5.56 Å². The molecule has 6 nitrogen and oxygen atoms in total. The molecule has 0 aromatic heterocycles. The van der Waals surface area contributed by atoms with Crippen molar-refractivity contribution in [3.8, 4) is 11.5 Å². The lowest BCUT2D eigenvalue weighted by molar-refractivity contribution is -0.142. The van der Waals surface area contributed by atoms with Gasteiger partial charge in [-0.2, -0.15) is 0 Å². The Bertz CT molecular complexity index is 540. The zero-order chi connectivity index (χ0) is 17.9. The predicted octanol–water partition coefficient (Wildman–Crippen LogP) is 2.44. The largest absolute Gasteiger partial charge is 0.490 e. The quantitative estimate of drug-likeness (QED) is 0.614. The molecule has 0 atom stereocenters. The molecule has 0 aliphatic rings. The Morgan fingerprint density at radius 2 is 1.67 bits per heavy atom. The Morgan fingerprint density at radius 3 is 2.25 bits per heavy atom. The fourth-order valence-corrected chi connectivity index (χ4v) is 2.24. The topological polar surface area (TPSA) is 65.1 Å². The van der Waals surface area contributed by atoms with Gasteiger partial charge in [0.1, 0.15) is 0 Å². The number of benzene rings is 1. The number of amides is 1. The van der Waals surface area contributed by atoms with Gasteiger partial charge in [0.15, 0.2) is 18.1 Å². The van der Waals surface area contributed by atoms with Gasteiger partial charge in [-0.1, -0.05) is 6.07 Å². The van der Waals surface area contributed by atoms with Crippen LogP contribution in [0.4, 0.5) is 0 Å². The fraction of sp³-hybridized carbons (Fsp3) is 0.556. The normalized spacial score (nSPS) is 10.2. The minimum absolute atomic E-state index is 0.0427. The van der Waals surface area contributed by atoms with Crippen LogP contribution in [-0.4, -0.2) is 49.7 Å². The summed E-state index contributed by atoms with van der Waals surface area (Å²) < 4.78 is 16.1. The number of rotatable bonds is 10. The van der Waals surface area contributed by atoms with Gasteiger partial charge in [-0.15, -0.1) is 0 Å². The summed E-state index contributed by atoms with van der Waals surface area (Å²) in [7, 11) is 0. The molecule has 1 aromatic rings. The second kappa shape index (κ2) is 10.5. The summed E-state index contributed by atoms with van der Waals surface area (Å²) in [5.74, 6) is 0.653. The van der Waals surface area contributed by atoms with Crippen molar-refractivity contribution in [1.82, 2.24) is 4.90 Å². The maximum absolute atomic E-state index is 12.0. The summed E-state index contributed by atoms with van der Waals surface area (Å²) in [6, 6.07) is 5.24. The van der Waals surface area contributed by atoms with Crippen molar-refractivity contribution < 1.29 is 23.8 Å². The van der Waals surface area contributed by atoms with Crippen LogP contribution in [0.5, 0.6) is 11.5 Å². The van der Waals surface area contributed by atoms with Crippen LogP contribution < -0.4 is 9.47 Å². The molecule has 0 spiro atoms. The molecular weight excluding hydrogens is 310 g/mol. The van der Waals surface area contributed by atoms with Crippen molar-refractivity contribution >= 4 is 11.9 Å². The van der Waals surface area contributed by atoms with Crippen molar-refractivity contribution in [3.05, 3.63) is 23.8 Å². The first-order valence-electron chi connectivity index (χ1n) is 8.37. The zero-order valence-electron chi connectivity index (χ0n) is 15.0. The highest BCUT2D eigenvalue weighted by atomic mass is 16.5. The van der Waals surface area contributed by atoms with Crippen LogP contribution in [0.2, 0.25) is 0 Å². The standard InChI is InChI=1S/C18H27NO5/c1-5-19(6-2)17(20)13-24-15-10-9-14(11-16(15)22-7-3)12-18(21)23-8-4/h9-11H,5-8,12-13H2,1-4H3. The van der Waals surface area contributed by atoms with Crippen LogP contribution in [-0.2, 0) is 20.7 Å². The van der Waals surface area contributed by atoms with Gasteiger partial charge in [0.05, 0.1) is 19.6 Å². The summed E-state index contributed by atoms with van der Waals surface area (Å²) in [5.41, 5.74) is 0.777. The Kier molecular flexibility index (Phi) is 8.68. The molecule has 0 aliphatic heterocycles. The molecule has 1 amide bonds. The third-order valence-electron chi connectivity index (χ3n) is 3.43. The van der Waals surface area contributed by atoms with E-state index in [2.05, 4.69) is 0 Å². The monoisotopic (exact) mass is 337 g/mol. The molecule has 0 N–H and O–H groups in total. The molecule has 0 saturated carbocycles. The molecule has 0 fully saturated rings. The minimum Gasteiger partial charge on any atom is -0.490 e. The van der Waals surface area contributed by atoms with Crippen molar-refractivity contribution in [2.24, 2.45) is 0 Å². The summed E-state index contributed by atoms with van der Waals surface area (Å²) >= 11 is 0. The number of ether oxygens (including phenoxy) is 3. The second-order valence-electron chi connectivity index (χ2n) is 5.05. The molecule has 6 heteroatoms. The third-order valence-corrected chi connectivity index (χ3v) is 3.43. The first-order valence-corrected chi connectivity index (χ1v) is 8.37. The maximum atomic E-state index is 12.0. The van der Waals surface area contributed by atoms with Crippen molar-refractivity contribution in [2.45, 2.75) is 34.1 Å². The first kappa shape index (κ1) is 19.8. The van der Waals surface area contributed by atoms with E-state index in [4.69, 9.17) is 14.2 Å². The van der Waals surface area contributed by atoms with Crippen LogP contribution in [0, 0.1) is 0 Å². The SMILES string of the molecule is CCOC(=O)Cc1ccc(OCC(=O)N(CC)CC)c(OCC)c1. The van der Waals surface area contributed by atoms with Crippen LogP contribution >= 0.6 is 0 Å². The number of nitrogens with zero attached hydrogens (tertiary/aromatic N) is 1. The molecule has 0 saturated heterocycles. The summed E-state index contributed by atoms with van der Waals surface area (Å²) in [6.07, 6.45) is 0.173. The maximum Gasteiger partial charge on any atom is 0.310 e. The second-order valence-corrected chi connectivity index (χ2v) is 5.05. The number of hydrogen-bond donors (Lipinski definition) is 0. The van der Waals surface area contributed by atoms with E-state index in [9.17, 15) is 9.59 Å². The fourth-order valence-electron chi connectivity index (χ4n) is 2.24. The number of carbonyl (C=O) groups is 2. The zero-order valence-corrected chi connectivity index (χ0v) is 15.0. The summed E-state index contributed by atoms with van der Waals surface area (Å²) in [5, 5.41) is 0. The van der Waals surface area contributed by atoms with Gasteiger partial charge < -0.3 is 19.1 Å². The number of likely N-dealkylation sites (N-methyl/N-ethyl adjacent to an activating group) is 1. The van der Waals surface area contributed by atoms with E-state index in [1.54, 1.807) is 30.0 Å². The lowest BCUT2D eigenvalue weighted by Gasteiger charge is -2.19. The average Bonchev–Trinajstić information content (AvgIpc) is 2.55. The van der Waals surface area contributed by atoms with Gasteiger partial charge in [0.25, 0.3) is 5.91 Å². The van der Waals surface area contributed by atoms with E-state index < -0.39 is 0 Å². The van der Waals surface area contributed by atoms with Gasteiger partial charge in [0.2, 0.25) is 0 Å². The highest BCUT2D eigenvalue weighted by Gasteiger charge is 2.14. The van der Waals surface area contributed by atoms with E-state index in [-0.39, 0.29) is 24.9 Å². The van der Waals surface area contributed by atoms with Crippen LogP contribution in [0.3, 0.4) is 0 Å². The van der Waals surface area contributed by atoms with E-state index in [1.807, 2.05) is 20.8 Å². The Morgan fingerprint density at radius 1 is 0.958 bits per heavy atom. The smallest absolute Gasteiger partial charge is 0.310 e. The lowest BCUT2D eigenvalue weighted by Crippen LogP contribution is -2.34. The van der Waals surface area contributed by atoms with Gasteiger partial charge >= 0.3 is 5.97 Å². The van der Waals surface area contributed by atoms with E-state index in [0.29, 0.717) is 37.8 Å². The molecule has 134 valence electrons. The minimum atomic E-state index is -0.287. The number of carbonyl (C=O) groups excluding carboxylic acids is 2. The molecule has 0 bridgehead atoms. The number of esters is 1. The van der Waals surface area contributed by atoms with E-state index in [1.165, 1.54) is 0 Å². The Labute approximate surface area is 143 Å². The molecule has 0 unspecified atom stereocenters. The molecule has 1 aromatic carbocycles. The average molecular weight is 337 g/mol. The Hall–Kier alpha value is -2.24. The summed E-state index contributed by atoms with van der Waals surface area (Å²) in [4.78, 5) is 25.3. The van der Waals surface area contributed by atoms with Crippen LogP contribution in [0.25, 0.3) is 0 Å². The van der Waals surface area contributed by atoms with Gasteiger partial charge in [-0.3, -0.25) is 9.59 Å². The molecular formula is C18H27NO5. The molecule has 24 heavy (non-hydrogen) atoms. The predicted molar refractivity (Wildman–Crippen MR) is 91.4 cm³/mol. The van der Waals surface area contributed by atoms with Crippen molar-refractivity contribution in [3.63, 3.8) is 0 Å². The molecule has 0 radical (unpaired) electrons. The van der Waals surface area contributed by atoms with E-state index >= 15 is 0 Å². The Balaban J connectivity index is 2.79. The summed E-state index contributed by atoms with van der Waals surface area (Å²) in [6.45, 7) is 9.56. The molecule has 1 rings (SSSR count). The molecule has 0 aliphatic carbocycles.